The van der Waals surface area contributed by atoms with Crippen LogP contribution in [-0.2, 0) is 16.0 Å². The van der Waals surface area contributed by atoms with Gasteiger partial charge in [-0.05, 0) is 11.1 Å². The molecule has 0 aliphatic heterocycles. The number of Topliss-reactive ketones (excluding diaryl/α,β-unsaturated/α-hetero) is 1. The molecular weight excluding hydrogens is 277 g/mol. The fourth-order valence-electron chi connectivity index (χ4n) is 1.66. The van der Waals surface area contributed by atoms with Gasteiger partial charge in [0.1, 0.15) is 5.91 Å². The quantitative estimate of drug-likeness (QED) is 0.565. The Bertz CT molecular complexity index is 626. The number of nitrogens with zero attached hydrogens (tertiary/aromatic N) is 1. The molecule has 2 aromatic carbocycles. The Balaban J connectivity index is 0.00000220. The first-order chi connectivity index (χ1) is 9.66. The van der Waals surface area contributed by atoms with Crippen LogP contribution in [0, 0.1) is 0 Å². The van der Waals surface area contributed by atoms with Crippen LogP contribution in [0.25, 0.3) is 5.32 Å². The van der Waals surface area contributed by atoms with Gasteiger partial charge in [-0.3, -0.25) is 4.79 Å². The molecular formula is C16H12NNaO3. The molecule has 0 aliphatic rings. The van der Waals surface area contributed by atoms with Gasteiger partial charge in [0.2, 0.25) is 0 Å². The van der Waals surface area contributed by atoms with E-state index in [9.17, 15) is 14.4 Å². The summed E-state index contributed by atoms with van der Waals surface area (Å²) in [5.74, 6) is -2.40. The van der Waals surface area contributed by atoms with Crippen molar-refractivity contribution in [2.24, 2.45) is 0 Å². The number of benzene rings is 2. The summed E-state index contributed by atoms with van der Waals surface area (Å²) in [4.78, 5) is 35.0. The number of imide groups is 1. The molecule has 0 atom stereocenters. The number of carbonyl (C=O) groups excluding carboxylic acids is 3. The maximum Gasteiger partial charge on any atom is 1.00 e. The maximum atomic E-state index is 11.7. The van der Waals surface area contributed by atoms with E-state index >= 15 is 0 Å². The Morgan fingerprint density at radius 1 is 0.810 bits per heavy atom. The van der Waals surface area contributed by atoms with Gasteiger partial charge in [-0.25, -0.2) is 0 Å². The van der Waals surface area contributed by atoms with E-state index in [4.69, 9.17) is 0 Å². The van der Waals surface area contributed by atoms with Crippen molar-refractivity contribution in [1.82, 2.24) is 0 Å². The van der Waals surface area contributed by atoms with Crippen LogP contribution in [0.4, 0.5) is 0 Å². The fourth-order valence-corrected chi connectivity index (χ4v) is 1.66. The third-order valence-electron chi connectivity index (χ3n) is 2.67. The first kappa shape index (κ1) is 17.3. The minimum absolute atomic E-state index is 0. The molecule has 0 spiro atoms. The summed E-state index contributed by atoms with van der Waals surface area (Å²) < 4.78 is 0. The molecule has 5 heteroatoms. The second-order valence-electron chi connectivity index (χ2n) is 4.17. The normalized spacial score (nSPS) is 9.33. The zero-order chi connectivity index (χ0) is 14.4. The van der Waals surface area contributed by atoms with Crippen LogP contribution in [0.1, 0.15) is 15.9 Å². The van der Waals surface area contributed by atoms with Gasteiger partial charge in [0.05, 0.1) is 5.91 Å². The van der Waals surface area contributed by atoms with E-state index in [0.717, 1.165) is 0 Å². The first-order valence-electron chi connectivity index (χ1n) is 6.09. The second kappa shape index (κ2) is 8.52. The van der Waals surface area contributed by atoms with E-state index < -0.39 is 17.6 Å². The van der Waals surface area contributed by atoms with Gasteiger partial charge in [0.25, 0.3) is 0 Å². The monoisotopic (exact) mass is 289 g/mol. The van der Waals surface area contributed by atoms with Crippen LogP contribution in [0.2, 0.25) is 0 Å². The molecule has 0 bridgehead atoms. The van der Waals surface area contributed by atoms with E-state index in [1.165, 1.54) is 0 Å². The van der Waals surface area contributed by atoms with Crippen molar-refractivity contribution in [1.29, 1.82) is 0 Å². The molecule has 0 N–H and O–H groups in total. The summed E-state index contributed by atoms with van der Waals surface area (Å²) >= 11 is 0. The summed E-state index contributed by atoms with van der Waals surface area (Å²) in [5, 5.41) is 3.32. The van der Waals surface area contributed by atoms with Crippen molar-refractivity contribution >= 4 is 17.6 Å². The number of rotatable bonds is 4. The van der Waals surface area contributed by atoms with Crippen LogP contribution >= 0.6 is 0 Å². The van der Waals surface area contributed by atoms with Crippen LogP contribution in [0.5, 0.6) is 0 Å². The van der Waals surface area contributed by atoms with E-state index in [-0.39, 0.29) is 41.5 Å². The van der Waals surface area contributed by atoms with Crippen molar-refractivity contribution in [2.75, 3.05) is 0 Å². The molecule has 4 nitrogen and oxygen atoms in total. The van der Waals surface area contributed by atoms with E-state index in [1.54, 1.807) is 54.6 Å². The topological polar surface area (TPSA) is 65.3 Å². The van der Waals surface area contributed by atoms with Gasteiger partial charge in [0.15, 0.2) is 5.78 Å². The average molecular weight is 289 g/mol. The molecule has 0 aliphatic carbocycles. The Morgan fingerprint density at radius 2 is 1.33 bits per heavy atom. The van der Waals surface area contributed by atoms with Crippen molar-refractivity contribution in [2.45, 2.75) is 6.42 Å². The second-order valence-corrected chi connectivity index (χ2v) is 4.17. The van der Waals surface area contributed by atoms with Gasteiger partial charge >= 0.3 is 29.6 Å². The smallest absolute Gasteiger partial charge is 0.585 e. The zero-order valence-electron chi connectivity index (χ0n) is 11.7. The van der Waals surface area contributed by atoms with Crippen LogP contribution in [0.15, 0.2) is 60.7 Å². The van der Waals surface area contributed by atoms with Gasteiger partial charge < -0.3 is 14.9 Å². The molecule has 0 unspecified atom stereocenters. The molecule has 2 rings (SSSR count). The Kier molecular flexibility index (Phi) is 7.02. The minimum atomic E-state index is -1.01. The number of amides is 2. The third kappa shape index (κ3) is 5.27. The van der Waals surface area contributed by atoms with Gasteiger partial charge in [-0.15, -0.1) is 0 Å². The fraction of sp³-hybridized carbons (Fsp3) is 0.0625. The molecule has 21 heavy (non-hydrogen) atoms. The Hall–Kier alpha value is -1.75. The molecule has 2 amide bonds. The predicted octanol–water partition coefficient (Wildman–Crippen LogP) is -0.457. The number of carbonyl (C=O) groups is 3. The van der Waals surface area contributed by atoms with Crippen molar-refractivity contribution in [3.05, 3.63) is 77.1 Å². The molecule has 0 aromatic heterocycles. The minimum Gasteiger partial charge on any atom is -0.585 e. The molecule has 0 saturated heterocycles. The van der Waals surface area contributed by atoms with Crippen LogP contribution < -0.4 is 29.6 Å². The summed E-state index contributed by atoms with van der Waals surface area (Å²) in [5.41, 5.74) is 1.00. The van der Waals surface area contributed by atoms with Gasteiger partial charge in [-0.1, -0.05) is 60.7 Å². The van der Waals surface area contributed by atoms with Crippen LogP contribution in [0.3, 0.4) is 0 Å². The van der Waals surface area contributed by atoms with Crippen LogP contribution in [-0.4, -0.2) is 17.6 Å². The van der Waals surface area contributed by atoms with Gasteiger partial charge in [-0.2, -0.15) is 0 Å². The number of hydrogen-bond acceptors (Lipinski definition) is 3. The molecule has 0 saturated carbocycles. The van der Waals surface area contributed by atoms with E-state index in [1.807, 2.05) is 6.07 Å². The third-order valence-corrected chi connectivity index (χ3v) is 2.67. The molecule has 0 fully saturated rings. The summed E-state index contributed by atoms with van der Waals surface area (Å²) in [6, 6.07) is 17.0. The van der Waals surface area contributed by atoms with Crippen molar-refractivity contribution in [3.63, 3.8) is 0 Å². The number of hydrogen-bond donors (Lipinski definition) is 0. The Morgan fingerprint density at radius 3 is 1.90 bits per heavy atom. The summed E-state index contributed by atoms with van der Waals surface area (Å²) in [6.45, 7) is 0. The summed E-state index contributed by atoms with van der Waals surface area (Å²) in [7, 11) is 0. The molecule has 0 heterocycles. The molecule has 0 radical (unpaired) electrons. The maximum absolute atomic E-state index is 11.7. The molecule has 2 aromatic rings. The van der Waals surface area contributed by atoms with E-state index in [2.05, 4.69) is 5.32 Å². The Labute approximate surface area is 144 Å². The largest absolute Gasteiger partial charge is 1.00 e. The standard InChI is InChI=1S/C16H13NO3.Na/c18-14(11-12-7-3-1-4-8-12)16(20)17-15(19)13-9-5-2-6-10-13;/h1-10H,11H2,(H,17,19,20);/q;+1/p-1. The summed E-state index contributed by atoms with van der Waals surface area (Å²) in [6.07, 6.45) is -0.0504. The zero-order valence-corrected chi connectivity index (χ0v) is 13.7. The first-order valence-corrected chi connectivity index (χ1v) is 6.09. The predicted molar refractivity (Wildman–Crippen MR) is 74.3 cm³/mol. The van der Waals surface area contributed by atoms with Gasteiger partial charge in [0, 0.05) is 6.42 Å². The average Bonchev–Trinajstić information content (AvgIpc) is 2.49. The number of ketones is 1. The van der Waals surface area contributed by atoms with E-state index in [0.29, 0.717) is 5.56 Å². The van der Waals surface area contributed by atoms with Crippen molar-refractivity contribution in [3.8, 4) is 0 Å². The SMILES string of the molecule is O=C(Cc1ccccc1)C(=O)[N-]C(=O)c1ccccc1.[Na+]. The van der Waals surface area contributed by atoms with Crippen molar-refractivity contribution < 1.29 is 43.9 Å². The molecule has 100 valence electrons.